The van der Waals surface area contributed by atoms with Crippen LogP contribution in [0.5, 0.6) is 0 Å². The lowest BCUT2D eigenvalue weighted by Gasteiger charge is -2.09. The molecule has 110 valence electrons. The van der Waals surface area contributed by atoms with Crippen molar-refractivity contribution < 1.29 is 9.60 Å². The fraction of sp³-hybridized carbons (Fsp3) is 0.133. The molecule has 0 fully saturated rings. The number of hydrogen-bond acceptors (Lipinski definition) is 4. The molecule has 0 aliphatic heterocycles. The number of rotatable bonds is 5. The first-order chi connectivity index (χ1) is 10.1. The van der Waals surface area contributed by atoms with Crippen molar-refractivity contribution >= 4 is 23.3 Å². The maximum Gasteiger partial charge on any atom is 0.170 e. The van der Waals surface area contributed by atoms with Crippen LogP contribution in [-0.2, 0) is 6.54 Å². The van der Waals surface area contributed by atoms with Crippen molar-refractivity contribution in [3.05, 3.63) is 59.4 Å². The second-order valence-electron chi connectivity index (χ2n) is 4.42. The molecule has 2 aromatic rings. The number of thioether (sulfide) groups is 1. The minimum Gasteiger partial charge on any atom is -0.409 e. The number of benzene rings is 2. The van der Waals surface area contributed by atoms with Gasteiger partial charge in [0.1, 0.15) is 5.82 Å². The molecule has 0 saturated heterocycles. The summed E-state index contributed by atoms with van der Waals surface area (Å²) in [6.07, 6.45) is 2.01. The molecule has 0 aliphatic carbocycles. The molecule has 0 unspecified atom stereocenters. The van der Waals surface area contributed by atoms with E-state index in [2.05, 4.69) is 10.5 Å². The third kappa shape index (κ3) is 4.13. The van der Waals surface area contributed by atoms with Gasteiger partial charge in [0, 0.05) is 22.7 Å². The molecule has 0 heterocycles. The molecule has 2 aromatic carbocycles. The summed E-state index contributed by atoms with van der Waals surface area (Å²) in [4.78, 5) is 1.15. The van der Waals surface area contributed by atoms with E-state index < -0.39 is 5.82 Å². The first kappa shape index (κ1) is 15.2. The molecule has 4 nitrogen and oxygen atoms in total. The standard InChI is InChI=1S/C15H16FN3OS/c1-21-14-4-2-3-13(8-14)18-9-10-5-11(15(17)19-20)7-12(16)6-10/h2-8,18,20H,9H2,1H3,(H2,17,19). The van der Waals surface area contributed by atoms with E-state index in [0.717, 1.165) is 10.6 Å². The number of oxime groups is 1. The van der Waals surface area contributed by atoms with Gasteiger partial charge in [-0.3, -0.25) is 0 Å². The van der Waals surface area contributed by atoms with Crippen LogP contribution < -0.4 is 11.1 Å². The van der Waals surface area contributed by atoms with Crippen molar-refractivity contribution in [3.8, 4) is 0 Å². The maximum atomic E-state index is 13.5. The molecule has 0 atom stereocenters. The molecule has 0 radical (unpaired) electrons. The third-order valence-electron chi connectivity index (χ3n) is 2.93. The summed E-state index contributed by atoms with van der Waals surface area (Å²) in [6, 6.07) is 12.3. The zero-order valence-corrected chi connectivity index (χ0v) is 12.3. The highest BCUT2D eigenvalue weighted by atomic mass is 32.2. The molecule has 0 aliphatic rings. The minimum absolute atomic E-state index is 0.111. The number of amidine groups is 1. The van der Waals surface area contributed by atoms with Crippen molar-refractivity contribution in [1.82, 2.24) is 0 Å². The van der Waals surface area contributed by atoms with Crippen LogP contribution in [0.4, 0.5) is 10.1 Å². The summed E-state index contributed by atoms with van der Waals surface area (Å²) in [7, 11) is 0. The zero-order valence-electron chi connectivity index (χ0n) is 11.5. The van der Waals surface area contributed by atoms with Crippen LogP contribution in [0.3, 0.4) is 0 Å². The van der Waals surface area contributed by atoms with E-state index in [1.54, 1.807) is 17.8 Å². The lowest BCUT2D eigenvalue weighted by Crippen LogP contribution is -2.14. The van der Waals surface area contributed by atoms with Gasteiger partial charge in [-0.2, -0.15) is 0 Å². The molecule has 0 aromatic heterocycles. The molecule has 0 saturated carbocycles. The Morgan fingerprint density at radius 2 is 2.14 bits per heavy atom. The van der Waals surface area contributed by atoms with Crippen LogP contribution in [0.1, 0.15) is 11.1 Å². The summed E-state index contributed by atoms with van der Waals surface area (Å²) in [5.41, 5.74) is 7.51. The van der Waals surface area contributed by atoms with Gasteiger partial charge in [-0.05, 0) is 48.2 Å². The molecular weight excluding hydrogens is 289 g/mol. The number of nitrogens with two attached hydrogens (primary N) is 1. The normalized spacial score (nSPS) is 11.4. The summed E-state index contributed by atoms with van der Waals surface area (Å²) >= 11 is 1.66. The van der Waals surface area contributed by atoms with Gasteiger partial charge >= 0.3 is 0 Å². The van der Waals surface area contributed by atoms with Gasteiger partial charge in [0.25, 0.3) is 0 Å². The molecule has 6 heteroatoms. The molecule has 4 N–H and O–H groups in total. The molecule has 0 bridgehead atoms. The molecule has 0 spiro atoms. The number of nitrogens with one attached hydrogen (secondary N) is 1. The smallest absolute Gasteiger partial charge is 0.170 e. The maximum absolute atomic E-state index is 13.5. The predicted molar refractivity (Wildman–Crippen MR) is 84.5 cm³/mol. The Bertz CT molecular complexity index is 661. The van der Waals surface area contributed by atoms with Crippen LogP contribution >= 0.6 is 11.8 Å². The van der Waals surface area contributed by atoms with E-state index in [9.17, 15) is 4.39 Å². The van der Waals surface area contributed by atoms with Crippen LogP contribution in [0.25, 0.3) is 0 Å². The average molecular weight is 305 g/mol. The van der Waals surface area contributed by atoms with Crippen LogP contribution in [-0.4, -0.2) is 17.3 Å². The van der Waals surface area contributed by atoms with E-state index in [-0.39, 0.29) is 5.84 Å². The zero-order chi connectivity index (χ0) is 15.2. The van der Waals surface area contributed by atoms with Gasteiger partial charge in [-0.1, -0.05) is 11.2 Å². The number of halogens is 1. The summed E-state index contributed by atoms with van der Waals surface area (Å²) < 4.78 is 13.5. The first-order valence-corrected chi connectivity index (χ1v) is 7.50. The monoisotopic (exact) mass is 305 g/mol. The Morgan fingerprint density at radius 3 is 2.86 bits per heavy atom. The Hall–Kier alpha value is -2.21. The number of hydrogen-bond donors (Lipinski definition) is 3. The van der Waals surface area contributed by atoms with Crippen LogP contribution in [0, 0.1) is 5.82 Å². The highest BCUT2D eigenvalue weighted by Crippen LogP contribution is 2.20. The lowest BCUT2D eigenvalue weighted by atomic mass is 10.1. The third-order valence-corrected chi connectivity index (χ3v) is 3.65. The molecule has 21 heavy (non-hydrogen) atoms. The van der Waals surface area contributed by atoms with E-state index in [0.29, 0.717) is 17.7 Å². The van der Waals surface area contributed by atoms with Gasteiger partial charge in [0.05, 0.1) is 0 Å². The Labute approximate surface area is 126 Å². The van der Waals surface area contributed by atoms with E-state index in [1.165, 1.54) is 12.1 Å². The SMILES string of the molecule is CSc1cccc(NCc2cc(F)cc(/C(N)=N/O)c2)c1. The van der Waals surface area contributed by atoms with Crippen LogP contribution in [0.15, 0.2) is 52.5 Å². The van der Waals surface area contributed by atoms with Gasteiger partial charge in [0.2, 0.25) is 0 Å². The van der Waals surface area contributed by atoms with Gasteiger partial charge < -0.3 is 16.3 Å². The molecule has 0 amide bonds. The summed E-state index contributed by atoms with van der Waals surface area (Å²) in [6.45, 7) is 0.446. The number of nitrogens with zero attached hydrogens (tertiary/aromatic N) is 1. The lowest BCUT2D eigenvalue weighted by molar-refractivity contribution is 0.318. The quantitative estimate of drug-likeness (QED) is 0.261. The molecular formula is C15H16FN3OS. The fourth-order valence-corrected chi connectivity index (χ4v) is 2.35. The van der Waals surface area contributed by atoms with Crippen LogP contribution in [0.2, 0.25) is 0 Å². The molecule has 2 rings (SSSR count). The van der Waals surface area contributed by atoms with Crippen molar-refractivity contribution in [2.24, 2.45) is 10.9 Å². The van der Waals surface area contributed by atoms with Crippen molar-refractivity contribution in [2.75, 3.05) is 11.6 Å². The fourth-order valence-electron chi connectivity index (χ4n) is 1.90. The van der Waals surface area contributed by atoms with Gasteiger partial charge in [-0.15, -0.1) is 11.8 Å². The highest BCUT2D eigenvalue weighted by molar-refractivity contribution is 7.98. The Kier molecular flexibility index (Phi) is 5.05. The Balaban J connectivity index is 2.14. The summed E-state index contributed by atoms with van der Waals surface area (Å²) in [5.74, 6) is -0.533. The van der Waals surface area contributed by atoms with Crippen molar-refractivity contribution in [2.45, 2.75) is 11.4 Å². The minimum atomic E-state index is -0.422. The van der Waals surface area contributed by atoms with E-state index in [4.69, 9.17) is 10.9 Å². The summed E-state index contributed by atoms with van der Waals surface area (Å²) in [5, 5.41) is 14.8. The topological polar surface area (TPSA) is 70.6 Å². The van der Waals surface area contributed by atoms with Gasteiger partial charge in [0.15, 0.2) is 5.84 Å². The van der Waals surface area contributed by atoms with E-state index in [1.807, 2.05) is 30.5 Å². The second-order valence-corrected chi connectivity index (χ2v) is 5.30. The first-order valence-electron chi connectivity index (χ1n) is 6.27. The van der Waals surface area contributed by atoms with Crippen molar-refractivity contribution in [1.29, 1.82) is 0 Å². The second kappa shape index (κ2) is 6.99. The predicted octanol–water partition coefficient (Wildman–Crippen LogP) is 3.25. The number of anilines is 1. The average Bonchev–Trinajstić information content (AvgIpc) is 2.51. The highest BCUT2D eigenvalue weighted by Gasteiger charge is 2.05. The Morgan fingerprint density at radius 1 is 1.33 bits per heavy atom. The van der Waals surface area contributed by atoms with E-state index >= 15 is 0 Å². The van der Waals surface area contributed by atoms with Gasteiger partial charge in [-0.25, -0.2) is 4.39 Å². The van der Waals surface area contributed by atoms with Crippen molar-refractivity contribution in [3.63, 3.8) is 0 Å². The largest absolute Gasteiger partial charge is 0.409 e.